The van der Waals surface area contributed by atoms with E-state index < -0.39 is 0 Å². The smallest absolute Gasteiger partial charge is 0.251 e. The SMILES string of the molecule is CC(NC(=O)c1ccc(NCC(=O)Nc2ccccc2Cl)cc1)c1ccccc1. The molecule has 29 heavy (non-hydrogen) atoms. The topological polar surface area (TPSA) is 70.2 Å². The van der Waals surface area contributed by atoms with Gasteiger partial charge in [0.2, 0.25) is 5.91 Å². The molecule has 0 aliphatic heterocycles. The van der Waals surface area contributed by atoms with Crippen molar-refractivity contribution in [2.24, 2.45) is 0 Å². The van der Waals surface area contributed by atoms with Crippen molar-refractivity contribution >= 4 is 34.8 Å². The molecule has 0 aliphatic rings. The van der Waals surface area contributed by atoms with Gasteiger partial charge in [0, 0.05) is 11.3 Å². The van der Waals surface area contributed by atoms with Gasteiger partial charge in [-0.2, -0.15) is 0 Å². The van der Waals surface area contributed by atoms with Crippen LogP contribution in [0.4, 0.5) is 11.4 Å². The molecule has 1 atom stereocenters. The predicted octanol–water partition coefficient (Wildman–Crippen LogP) is 4.88. The standard InChI is InChI=1S/C23H22ClN3O2/c1-16(17-7-3-2-4-8-17)26-23(29)18-11-13-19(14-12-18)25-15-22(28)27-21-10-6-5-9-20(21)24/h2-14,16,25H,15H2,1H3,(H,26,29)(H,27,28). The van der Waals surface area contributed by atoms with E-state index >= 15 is 0 Å². The average molecular weight is 408 g/mol. The van der Waals surface area contributed by atoms with Gasteiger partial charge >= 0.3 is 0 Å². The molecule has 0 heterocycles. The van der Waals surface area contributed by atoms with Gasteiger partial charge in [-0.05, 0) is 48.9 Å². The maximum absolute atomic E-state index is 12.4. The molecule has 0 spiro atoms. The Morgan fingerprint density at radius 2 is 1.55 bits per heavy atom. The third-order valence-electron chi connectivity index (χ3n) is 4.40. The van der Waals surface area contributed by atoms with Crippen LogP contribution in [-0.4, -0.2) is 18.4 Å². The Morgan fingerprint density at radius 1 is 0.897 bits per heavy atom. The Bertz CT molecular complexity index is 975. The van der Waals surface area contributed by atoms with E-state index in [2.05, 4.69) is 16.0 Å². The minimum absolute atomic E-state index is 0.0851. The first kappa shape index (κ1) is 20.4. The highest BCUT2D eigenvalue weighted by Gasteiger charge is 2.11. The predicted molar refractivity (Wildman–Crippen MR) is 117 cm³/mol. The molecule has 0 aromatic heterocycles. The zero-order chi connectivity index (χ0) is 20.6. The molecule has 6 heteroatoms. The van der Waals surface area contributed by atoms with Crippen LogP contribution in [0.25, 0.3) is 0 Å². The van der Waals surface area contributed by atoms with Gasteiger partial charge in [-0.25, -0.2) is 0 Å². The first-order valence-corrected chi connectivity index (χ1v) is 9.65. The third-order valence-corrected chi connectivity index (χ3v) is 4.72. The van der Waals surface area contributed by atoms with Gasteiger partial charge in [0.15, 0.2) is 0 Å². The van der Waals surface area contributed by atoms with Crippen molar-refractivity contribution in [2.45, 2.75) is 13.0 Å². The zero-order valence-corrected chi connectivity index (χ0v) is 16.7. The van der Waals surface area contributed by atoms with Crippen LogP contribution < -0.4 is 16.0 Å². The van der Waals surface area contributed by atoms with Crippen LogP contribution >= 0.6 is 11.6 Å². The number of halogens is 1. The lowest BCUT2D eigenvalue weighted by molar-refractivity contribution is -0.114. The highest BCUT2D eigenvalue weighted by atomic mass is 35.5. The van der Waals surface area contributed by atoms with Crippen LogP contribution in [0, 0.1) is 0 Å². The summed E-state index contributed by atoms with van der Waals surface area (Å²) >= 11 is 6.03. The second-order valence-corrected chi connectivity index (χ2v) is 6.97. The van der Waals surface area contributed by atoms with E-state index in [1.54, 1.807) is 48.5 Å². The highest BCUT2D eigenvalue weighted by Crippen LogP contribution is 2.20. The number of rotatable bonds is 7. The van der Waals surface area contributed by atoms with Crippen molar-refractivity contribution in [1.82, 2.24) is 5.32 Å². The molecule has 0 aliphatic carbocycles. The molecule has 3 rings (SSSR count). The van der Waals surface area contributed by atoms with E-state index in [0.29, 0.717) is 16.3 Å². The molecule has 1 unspecified atom stereocenters. The molecule has 0 radical (unpaired) electrons. The fraction of sp³-hybridized carbons (Fsp3) is 0.130. The van der Waals surface area contributed by atoms with E-state index in [-0.39, 0.29) is 24.4 Å². The van der Waals surface area contributed by atoms with E-state index in [1.165, 1.54) is 0 Å². The first-order valence-electron chi connectivity index (χ1n) is 9.27. The minimum atomic E-state index is -0.211. The summed E-state index contributed by atoms with van der Waals surface area (Å²) in [6.45, 7) is 2.03. The Hall–Kier alpha value is -3.31. The molecule has 148 valence electrons. The molecule has 0 saturated heterocycles. The fourth-order valence-corrected chi connectivity index (χ4v) is 2.97. The van der Waals surface area contributed by atoms with Crippen molar-refractivity contribution in [1.29, 1.82) is 0 Å². The molecule has 0 fully saturated rings. The number of anilines is 2. The van der Waals surface area contributed by atoms with Crippen molar-refractivity contribution in [2.75, 3.05) is 17.2 Å². The summed E-state index contributed by atoms with van der Waals surface area (Å²) in [6, 6.07) is 23.7. The lowest BCUT2D eigenvalue weighted by atomic mass is 10.1. The molecule has 0 bridgehead atoms. The van der Waals surface area contributed by atoms with E-state index in [1.807, 2.05) is 37.3 Å². The molecule has 3 N–H and O–H groups in total. The summed E-state index contributed by atoms with van der Waals surface area (Å²) in [7, 11) is 0. The summed E-state index contributed by atoms with van der Waals surface area (Å²) in [5.41, 5.74) is 2.91. The van der Waals surface area contributed by atoms with Crippen molar-refractivity contribution in [3.05, 3.63) is 95.0 Å². The quantitative estimate of drug-likeness (QED) is 0.522. The summed E-state index contributed by atoms with van der Waals surface area (Å²) < 4.78 is 0. The maximum Gasteiger partial charge on any atom is 0.251 e. The average Bonchev–Trinajstić information content (AvgIpc) is 2.75. The first-order chi connectivity index (χ1) is 14.0. The van der Waals surface area contributed by atoms with Crippen LogP contribution in [0.5, 0.6) is 0 Å². The third kappa shape index (κ3) is 5.83. The highest BCUT2D eigenvalue weighted by molar-refractivity contribution is 6.33. The zero-order valence-electron chi connectivity index (χ0n) is 16.0. The summed E-state index contributed by atoms with van der Waals surface area (Å²) in [5, 5.41) is 9.25. The molecular formula is C23H22ClN3O2. The van der Waals surface area contributed by atoms with Gasteiger partial charge in [0.1, 0.15) is 0 Å². The van der Waals surface area contributed by atoms with E-state index in [9.17, 15) is 9.59 Å². The molecule has 2 amide bonds. The summed E-state index contributed by atoms with van der Waals surface area (Å²) in [6.07, 6.45) is 0. The van der Waals surface area contributed by atoms with Crippen molar-refractivity contribution < 1.29 is 9.59 Å². The van der Waals surface area contributed by atoms with Crippen LogP contribution in [0.1, 0.15) is 28.9 Å². The summed E-state index contributed by atoms with van der Waals surface area (Å²) in [4.78, 5) is 24.5. The van der Waals surface area contributed by atoms with E-state index in [0.717, 1.165) is 11.3 Å². The monoisotopic (exact) mass is 407 g/mol. The Kier molecular flexibility index (Phi) is 6.87. The van der Waals surface area contributed by atoms with Crippen LogP contribution in [0.15, 0.2) is 78.9 Å². The van der Waals surface area contributed by atoms with Crippen molar-refractivity contribution in [3.63, 3.8) is 0 Å². The second kappa shape index (κ2) is 9.75. The number of hydrogen-bond acceptors (Lipinski definition) is 3. The van der Waals surface area contributed by atoms with E-state index in [4.69, 9.17) is 11.6 Å². The maximum atomic E-state index is 12.4. The number of amides is 2. The van der Waals surface area contributed by atoms with Gasteiger partial charge in [-0.3, -0.25) is 9.59 Å². The fourth-order valence-electron chi connectivity index (χ4n) is 2.78. The number of benzene rings is 3. The van der Waals surface area contributed by atoms with Gasteiger partial charge < -0.3 is 16.0 Å². The Labute approximate surface area is 175 Å². The number of hydrogen-bond donors (Lipinski definition) is 3. The molecular weight excluding hydrogens is 386 g/mol. The molecule has 3 aromatic carbocycles. The van der Waals surface area contributed by atoms with Crippen LogP contribution in [-0.2, 0) is 4.79 Å². The van der Waals surface area contributed by atoms with Crippen LogP contribution in [0.2, 0.25) is 5.02 Å². The van der Waals surface area contributed by atoms with Gasteiger partial charge in [-0.1, -0.05) is 54.1 Å². The largest absolute Gasteiger partial charge is 0.376 e. The van der Waals surface area contributed by atoms with Gasteiger partial charge in [0.05, 0.1) is 23.3 Å². The summed E-state index contributed by atoms with van der Waals surface area (Å²) in [5.74, 6) is -0.360. The Balaban J connectivity index is 1.51. The van der Waals surface area contributed by atoms with Crippen LogP contribution in [0.3, 0.4) is 0 Å². The number of carbonyl (C=O) groups excluding carboxylic acids is 2. The Morgan fingerprint density at radius 3 is 2.24 bits per heavy atom. The molecule has 5 nitrogen and oxygen atoms in total. The molecule has 3 aromatic rings. The number of para-hydroxylation sites is 1. The lowest BCUT2D eigenvalue weighted by Gasteiger charge is -2.14. The van der Waals surface area contributed by atoms with Gasteiger partial charge in [-0.15, -0.1) is 0 Å². The second-order valence-electron chi connectivity index (χ2n) is 6.56. The minimum Gasteiger partial charge on any atom is -0.376 e. The lowest BCUT2D eigenvalue weighted by Crippen LogP contribution is -2.26. The van der Waals surface area contributed by atoms with Crippen molar-refractivity contribution in [3.8, 4) is 0 Å². The number of nitrogens with one attached hydrogen (secondary N) is 3. The normalized spacial score (nSPS) is 11.4. The number of carbonyl (C=O) groups is 2. The van der Waals surface area contributed by atoms with Gasteiger partial charge in [0.25, 0.3) is 5.91 Å². The molecule has 0 saturated carbocycles.